The van der Waals surface area contributed by atoms with Crippen molar-refractivity contribution in [2.45, 2.75) is 13.5 Å². The number of aliphatic hydroxyl groups excluding tert-OH is 1. The third kappa shape index (κ3) is 1.97. The highest BCUT2D eigenvalue weighted by Crippen LogP contribution is 2.25. The molecule has 0 aliphatic carbocycles. The Balaban J connectivity index is 2.51. The maximum atomic E-state index is 12.8. The molecule has 2 heteroatoms. The molecule has 0 spiro atoms. The van der Waals surface area contributed by atoms with Gasteiger partial charge in [-0.05, 0) is 41.3 Å². The highest BCUT2D eigenvalue weighted by molar-refractivity contribution is 5.68. The van der Waals surface area contributed by atoms with Crippen molar-refractivity contribution in [3.8, 4) is 11.1 Å². The van der Waals surface area contributed by atoms with Crippen LogP contribution >= 0.6 is 0 Å². The quantitative estimate of drug-likeness (QED) is 0.816. The Hall–Kier alpha value is -1.67. The molecule has 0 atom stereocenters. The second-order valence-electron chi connectivity index (χ2n) is 3.75. The molecule has 0 fully saturated rings. The molecule has 1 N–H and O–H groups in total. The van der Waals surface area contributed by atoms with Gasteiger partial charge in [-0.2, -0.15) is 0 Å². The van der Waals surface area contributed by atoms with Crippen LogP contribution in [-0.2, 0) is 6.61 Å². The van der Waals surface area contributed by atoms with Gasteiger partial charge in [0.1, 0.15) is 5.82 Å². The first kappa shape index (κ1) is 10.8. The lowest BCUT2D eigenvalue weighted by molar-refractivity contribution is 0.281. The molecule has 0 aliphatic heterocycles. The SMILES string of the molecule is Cc1c(CO)cccc1-c1ccc(F)cc1. The third-order valence-corrected chi connectivity index (χ3v) is 2.77. The monoisotopic (exact) mass is 216 g/mol. The number of halogens is 1. The number of hydrogen-bond acceptors (Lipinski definition) is 1. The Morgan fingerprint density at radius 1 is 1.06 bits per heavy atom. The van der Waals surface area contributed by atoms with Crippen LogP contribution in [0.1, 0.15) is 11.1 Å². The molecule has 0 saturated carbocycles. The summed E-state index contributed by atoms with van der Waals surface area (Å²) in [5, 5.41) is 9.17. The molecule has 2 rings (SSSR count). The van der Waals surface area contributed by atoms with Crippen molar-refractivity contribution < 1.29 is 9.50 Å². The van der Waals surface area contributed by atoms with Crippen LogP contribution < -0.4 is 0 Å². The van der Waals surface area contributed by atoms with Crippen molar-refractivity contribution in [1.82, 2.24) is 0 Å². The minimum Gasteiger partial charge on any atom is -0.392 e. The highest BCUT2D eigenvalue weighted by atomic mass is 19.1. The molecule has 0 saturated heterocycles. The molecule has 0 radical (unpaired) electrons. The van der Waals surface area contributed by atoms with Gasteiger partial charge in [-0.25, -0.2) is 4.39 Å². The third-order valence-electron chi connectivity index (χ3n) is 2.77. The molecule has 82 valence electrons. The average Bonchev–Trinajstić information content (AvgIpc) is 2.31. The largest absolute Gasteiger partial charge is 0.392 e. The predicted octanol–water partition coefficient (Wildman–Crippen LogP) is 3.29. The zero-order valence-electron chi connectivity index (χ0n) is 9.07. The smallest absolute Gasteiger partial charge is 0.123 e. The van der Waals surface area contributed by atoms with Crippen LogP contribution in [0.25, 0.3) is 11.1 Å². The summed E-state index contributed by atoms with van der Waals surface area (Å²) >= 11 is 0. The lowest BCUT2D eigenvalue weighted by Gasteiger charge is -2.09. The number of hydrogen-bond donors (Lipinski definition) is 1. The van der Waals surface area contributed by atoms with Crippen molar-refractivity contribution in [2.24, 2.45) is 0 Å². The summed E-state index contributed by atoms with van der Waals surface area (Å²) in [4.78, 5) is 0. The summed E-state index contributed by atoms with van der Waals surface area (Å²) in [6.07, 6.45) is 0. The van der Waals surface area contributed by atoms with Crippen LogP contribution in [0.15, 0.2) is 42.5 Å². The Morgan fingerprint density at radius 3 is 2.38 bits per heavy atom. The van der Waals surface area contributed by atoms with E-state index < -0.39 is 0 Å². The van der Waals surface area contributed by atoms with Crippen LogP contribution in [-0.4, -0.2) is 5.11 Å². The molecule has 2 aromatic carbocycles. The second kappa shape index (κ2) is 4.45. The second-order valence-corrected chi connectivity index (χ2v) is 3.75. The number of benzene rings is 2. The van der Waals surface area contributed by atoms with Gasteiger partial charge in [-0.1, -0.05) is 30.3 Å². The molecule has 16 heavy (non-hydrogen) atoms. The molecule has 1 nitrogen and oxygen atoms in total. The van der Waals surface area contributed by atoms with E-state index >= 15 is 0 Å². The Kier molecular flexibility index (Phi) is 3.02. The fourth-order valence-electron chi connectivity index (χ4n) is 1.80. The lowest BCUT2D eigenvalue weighted by atomic mass is 9.97. The Morgan fingerprint density at radius 2 is 1.75 bits per heavy atom. The van der Waals surface area contributed by atoms with Gasteiger partial charge in [0.05, 0.1) is 6.61 Å². The van der Waals surface area contributed by atoms with Crippen LogP contribution in [0, 0.1) is 12.7 Å². The Labute approximate surface area is 94.2 Å². The van der Waals surface area contributed by atoms with E-state index in [1.54, 1.807) is 12.1 Å². The first-order valence-corrected chi connectivity index (χ1v) is 5.17. The van der Waals surface area contributed by atoms with Gasteiger partial charge >= 0.3 is 0 Å². The topological polar surface area (TPSA) is 20.2 Å². The van der Waals surface area contributed by atoms with Crippen molar-refractivity contribution in [1.29, 1.82) is 0 Å². The van der Waals surface area contributed by atoms with Crippen molar-refractivity contribution in [3.63, 3.8) is 0 Å². The summed E-state index contributed by atoms with van der Waals surface area (Å²) in [5.74, 6) is -0.236. The van der Waals surface area contributed by atoms with E-state index in [0.29, 0.717) is 0 Å². The molecule has 0 aromatic heterocycles. The molecule has 0 unspecified atom stereocenters. The van der Waals surface area contributed by atoms with Crippen LogP contribution in [0.5, 0.6) is 0 Å². The number of aliphatic hydroxyl groups is 1. The first-order valence-electron chi connectivity index (χ1n) is 5.17. The van der Waals surface area contributed by atoms with Gasteiger partial charge in [-0.15, -0.1) is 0 Å². The summed E-state index contributed by atoms with van der Waals surface area (Å²) in [6.45, 7) is 1.99. The van der Waals surface area contributed by atoms with Crippen molar-refractivity contribution >= 4 is 0 Å². The van der Waals surface area contributed by atoms with Gasteiger partial charge in [0, 0.05) is 0 Å². The number of rotatable bonds is 2. The molecular formula is C14H13FO. The predicted molar refractivity (Wildman–Crippen MR) is 62.5 cm³/mol. The van der Waals surface area contributed by atoms with E-state index in [-0.39, 0.29) is 12.4 Å². The van der Waals surface area contributed by atoms with Crippen LogP contribution in [0.2, 0.25) is 0 Å². The van der Waals surface area contributed by atoms with Gasteiger partial charge < -0.3 is 5.11 Å². The summed E-state index contributed by atoms with van der Waals surface area (Å²) in [6, 6.07) is 12.2. The standard InChI is InChI=1S/C14H13FO/c1-10-12(9-16)3-2-4-14(10)11-5-7-13(15)8-6-11/h2-8,16H,9H2,1H3. The van der Waals surface area contributed by atoms with Crippen LogP contribution in [0.3, 0.4) is 0 Å². The van der Waals surface area contributed by atoms with E-state index in [2.05, 4.69) is 0 Å². The maximum Gasteiger partial charge on any atom is 0.123 e. The van der Waals surface area contributed by atoms with Crippen LogP contribution in [0.4, 0.5) is 4.39 Å². The Bertz CT molecular complexity index is 489. The summed E-state index contributed by atoms with van der Waals surface area (Å²) < 4.78 is 12.8. The molecular weight excluding hydrogens is 203 g/mol. The van der Waals surface area contributed by atoms with E-state index in [9.17, 15) is 9.50 Å². The lowest BCUT2D eigenvalue weighted by Crippen LogP contribution is -1.91. The normalized spacial score (nSPS) is 10.4. The molecule has 0 bridgehead atoms. The molecule has 2 aromatic rings. The van der Waals surface area contributed by atoms with Crippen molar-refractivity contribution in [3.05, 3.63) is 59.4 Å². The fourth-order valence-corrected chi connectivity index (χ4v) is 1.80. The summed E-state index contributed by atoms with van der Waals surface area (Å²) in [7, 11) is 0. The van der Waals surface area contributed by atoms with E-state index in [0.717, 1.165) is 22.3 Å². The highest BCUT2D eigenvalue weighted by Gasteiger charge is 2.05. The zero-order valence-corrected chi connectivity index (χ0v) is 9.07. The van der Waals surface area contributed by atoms with Gasteiger partial charge in [0.2, 0.25) is 0 Å². The minimum atomic E-state index is -0.236. The van der Waals surface area contributed by atoms with Gasteiger partial charge in [0.15, 0.2) is 0 Å². The summed E-state index contributed by atoms with van der Waals surface area (Å²) in [5.41, 5.74) is 3.94. The van der Waals surface area contributed by atoms with Gasteiger partial charge in [-0.3, -0.25) is 0 Å². The first-order chi connectivity index (χ1) is 7.72. The average molecular weight is 216 g/mol. The maximum absolute atomic E-state index is 12.8. The zero-order chi connectivity index (χ0) is 11.5. The van der Waals surface area contributed by atoms with E-state index in [1.165, 1.54) is 12.1 Å². The van der Waals surface area contributed by atoms with Crippen molar-refractivity contribution in [2.75, 3.05) is 0 Å². The minimum absolute atomic E-state index is 0.0286. The fraction of sp³-hybridized carbons (Fsp3) is 0.143. The molecule has 0 heterocycles. The molecule has 0 aliphatic rings. The van der Waals surface area contributed by atoms with E-state index in [1.807, 2.05) is 25.1 Å². The molecule has 0 amide bonds. The van der Waals surface area contributed by atoms with E-state index in [4.69, 9.17) is 0 Å². The van der Waals surface area contributed by atoms with Gasteiger partial charge in [0.25, 0.3) is 0 Å².